The van der Waals surface area contributed by atoms with Gasteiger partial charge in [-0.2, -0.15) is 4.68 Å². The lowest BCUT2D eigenvalue weighted by Gasteiger charge is -2.30. The quantitative estimate of drug-likeness (QED) is 0.766. The zero-order valence-corrected chi connectivity index (χ0v) is 16.8. The Morgan fingerprint density at radius 2 is 1.97 bits per heavy atom. The fourth-order valence-electron chi connectivity index (χ4n) is 4.01. The van der Waals surface area contributed by atoms with Crippen LogP contribution in [0, 0.1) is 0 Å². The Morgan fingerprint density at radius 1 is 1.17 bits per heavy atom. The number of fused-ring (bicyclic) bond motifs is 1. The van der Waals surface area contributed by atoms with Gasteiger partial charge in [-0.05, 0) is 55.2 Å². The average molecular weight is 399 g/mol. The van der Waals surface area contributed by atoms with Crippen molar-refractivity contribution in [2.24, 2.45) is 0 Å². The number of allylic oxidation sites excluding steroid dienone is 1. The number of methoxy groups -OCH3 is 2. The van der Waals surface area contributed by atoms with Crippen molar-refractivity contribution in [3.63, 3.8) is 0 Å². The van der Waals surface area contributed by atoms with Crippen LogP contribution in [0.1, 0.15) is 50.6 Å². The summed E-state index contributed by atoms with van der Waals surface area (Å²) in [5.41, 5.74) is 1.88. The van der Waals surface area contributed by atoms with Crippen molar-refractivity contribution in [3.8, 4) is 11.5 Å². The van der Waals surface area contributed by atoms with E-state index in [4.69, 9.17) is 14.2 Å². The zero-order chi connectivity index (χ0) is 20.4. The number of benzene rings is 1. The van der Waals surface area contributed by atoms with Crippen molar-refractivity contribution in [1.82, 2.24) is 20.2 Å². The van der Waals surface area contributed by atoms with E-state index in [2.05, 4.69) is 20.8 Å². The summed E-state index contributed by atoms with van der Waals surface area (Å²) in [6.45, 7) is 1.83. The van der Waals surface area contributed by atoms with E-state index in [1.54, 1.807) is 25.0 Å². The number of hydrogen-bond donors (Lipinski definition) is 1. The topological polar surface area (TPSA) is 100 Å². The van der Waals surface area contributed by atoms with Gasteiger partial charge in [-0.25, -0.2) is 4.79 Å². The predicted molar refractivity (Wildman–Crippen MR) is 105 cm³/mol. The van der Waals surface area contributed by atoms with Crippen LogP contribution in [0.2, 0.25) is 0 Å². The molecule has 0 amide bonds. The Morgan fingerprint density at radius 3 is 2.69 bits per heavy atom. The summed E-state index contributed by atoms with van der Waals surface area (Å²) in [4.78, 5) is 13.2. The van der Waals surface area contributed by atoms with Crippen LogP contribution in [-0.4, -0.2) is 46.5 Å². The Labute approximate surface area is 169 Å². The molecule has 29 heavy (non-hydrogen) atoms. The van der Waals surface area contributed by atoms with E-state index >= 15 is 0 Å². The van der Waals surface area contributed by atoms with Gasteiger partial charge in [0.2, 0.25) is 5.95 Å². The predicted octanol–water partition coefficient (Wildman–Crippen LogP) is 2.86. The summed E-state index contributed by atoms with van der Waals surface area (Å²) < 4.78 is 18.4. The molecule has 0 unspecified atom stereocenters. The second-order valence-electron chi connectivity index (χ2n) is 7.29. The highest BCUT2D eigenvalue weighted by molar-refractivity contribution is 5.92. The monoisotopic (exact) mass is 399 g/mol. The Balaban J connectivity index is 1.75. The van der Waals surface area contributed by atoms with Crippen LogP contribution in [0.25, 0.3) is 0 Å². The van der Waals surface area contributed by atoms with Crippen LogP contribution in [0.15, 0.2) is 29.5 Å². The van der Waals surface area contributed by atoms with Gasteiger partial charge in [-0.3, -0.25) is 0 Å². The number of tetrazole rings is 1. The molecule has 1 aromatic carbocycles. The minimum absolute atomic E-state index is 0.0507. The van der Waals surface area contributed by atoms with E-state index in [-0.39, 0.29) is 12.1 Å². The van der Waals surface area contributed by atoms with Crippen LogP contribution in [0.4, 0.5) is 5.95 Å². The Hall–Kier alpha value is -3.10. The molecule has 9 heteroatoms. The molecule has 1 aliphatic carbocycles. The minimum Gasteiger partial charge on any atom is -0.497 e. The van der Waals surface area contributed by atoms with E-state index in [0.29, 0.717) is 28.7 Å². The number of hydrogen-bond acceptors (Lipinski definition) is 8. The summed E-state index contributed by atoms with van der Waals surface area (Å²) in [5.74, 6) is 1.34. The number of ether oxygens (including phenoxy) is 3. The first kappa shape index (κ1) is 19.2. The van der Waals surface area contributed by atoms with Gasteiger partial charge in [0.15, 0.2) is 0 Å². The third-order valence-electron chi connectivity index (χ3n) is 5.50. The molecule has 1 aromatic heterocycles. The number of rotatable bonds is 5. The summed E-state index contributed by atoms with van der Waals surface area (Å²) in [7, 11) is 3.17. The number of nitrogens with zero attached hydrogens (tertiary/aromatic N) is 4. The van der Waals surface area contributed by atoms with Crippen molar-refractivity contribution in [2.75, 3.05) is 19.5 Å². The molecular weight excluding hydrogens is 374 g/mol. The number of anilines is 1. The first-order valence-corrected chi connectivity index (χ1v) is 9.81. The largest absolute Gasteiger partial charge is 0.497 e. The van der Waals surface area contributed by atoms with Gasteiger partial charge in [-0.1, -0.05) is 11.5 Å². The highest BCUT2D eigenvalue weighted by Crippen LogP contribution is 2.40. The lowest BCUT2D eigenvalue weighted by Crippen LogP contribution is -2.32. The molecule has 0 saturated heterocycles. The third kappa shape index (κ3) is 3.64. The highest BCUT2D eigenvalue weighted by atomic mass is 16.5. The number of nitrogens with one attached hydrogen (secondary N) is 1. The van der Waals surface area contributed by atoms with Crippen molar-refractivity contribution >= 4 is 11.9 Å². The third-order valence-corrected chi connectivity index (χ3v) is 5.50. The zero-order valence-electron chi connectivity index (χ0n) is 16.8. The van der Waals surface area contributed by atoms with Crippen molar-refractivity contribution in [1.29, 1.82) is 0 Å². The van der Waals surface area contributed by atoms with Gasteiger partial charge in [-0.15, -0.1) is 0 Å². The summed E-state index contributed by atoms with van der Waals surface area (Å²) >= 11 is 0. The summed E-state index contributed by atoms with van der Waals surface area (Å²) in [6, 6.07) is 4.89. The van der Waals surface area contributed by atoms with E-state index in [9.17, 15) is 4.79 Å². The summed E-state index contributed by atoms with van der Waals surface area (Å²) in [5, 5.41) is 15.0. The van der Waals surface area contributed by atoms with Gasteiger partial charge in [0.1, 0.15) is 23.6 Å². The van der Waals surface area contributed by atoms with E-state index in [0.717, 1.165) is 31.2 Å². The van der Waals surface area contributed by atoms with E-state index in [1.165, 1.54) is 6.42 Å². The van der Waals surface area contributed by atoms with Gasteiger partial charge in [0.25, 0.3) is 0 Å². The smallest absolute Gasteiger partial charge is 0.338 e. The molecule has 2 aromatic rings. The van der Waals surface area contributed by atoms with Crippen molar-refractivity contribution < 1.29 is 19.0 Å². The number of esters is 1. The molecule has 4 rings (SSSR count). The molecule has 1 saturated carbocycles. The Bertz CT molecular complexity index is 933. The molecule has 154 valence electrons. The van der Waals surface area contributed by atoms with Gasteiger partial charge in [0, 0.05) is 17.3 Å². The molecular formula is C20H25N5O4. The number of carbonyl (C=O) groups is 1. The van der Waals surface area contributed by atoms with Crippen molar-refractivity contribution in [3.05, 3.63) is 35.0 Å². The SMILES string of the molecule is COc1ccc([C@H]2C(C(=O)OC3CCCCC3)=C(C)Nc3nnnn32)c(OC)c1. The normalized spacial score (nSPS) is 19.3. The molecule has 0 radical (unpaired) electrons. The second kappa shape index (κ2) is 8.10. The van der Waals surface area contributed by atoms with E-state index < -0.39 is 6.04 Å². The average Bonchev–Trinajstić information content (AvgIpc) is 3.21. The van der Waals surface area contributed by atoms with Crippen LogP contribution in [-0.2, 0) is 9.53 Å². The number of aromatic nitrogens is 4. The first-order chi connectivity index (χ1) is 14.1. The maximum atomic E-state index is 13.2. The van der Waals surface area contributed by atoms with Crippen LogP contribution >= 0.6 is 0 Å². The second-order valence-corrected chi connectivity index (χ2v) is 7.29. The molecule has 0 spiro atoms. The maximum absolute atomic E-state index is 13.2. The highest BCUT2D eigenvalue weighted by Gasteiger charge is 2.37. The lowest BCUT2D eigenvalue weighted by molar-refractivity contribution is -0.146. The molecule has 9 nitrogen and oxygen atoms in total. The molecule has 0 bridgehead atoms. The fraction of sp³-hybridized carbons (Fsp3) is 0.500. The lowest BCUT2D eigenvalue weighted by atomic mass is 9.94. The molecule has 2 aliphatic rings. The maximum Gasteiger partial charge on any atom is 0.338 e. The first-order valence-electron chi connectivity index (χ1n) is 9.81. The fourth-order valence-corrected chi connectivity index (χ4v) is 4.01. The minimum atomic E-state index is -0.571. The molecule has 1 fully saturated rings. The van der Waals surface area contributed by atoms with Gasteiger partial charge < -0.3 is 19.5 Å². The Kier molecular flexibility index (Phi) is 5.37. The van der Waals surface area contributed by atoms with Crippen LogP contribution in [0.5, 0.6) is 11.5 Å². The van der Waals surface area contributed by atoms with E-state index in [1.807, 2.05) is 19.1 Å². The molecule has 1 aliphatic heterocycles. The molecule has 2 heterocycles. The van der Waals surface area contributed by atoms with Gasteiger partial charge >= 0.3 is 5.97 Å². The summed E-state index contributed by atoms with van der Waals surface area (Å²) in [6.07, 6.45) is 5.11. The van der Waals surface area contributed by atoms with Gasteiger partial charge in [0.05, 0.1) is 19.8 Å². The molecule has 1 N–H and O–H groups in total. The van der Waals surface area contributed by atoms with Crippen molar-refractivity contribution in [2.45, 2.75) is 51.2 Å². The standard InChI is InChI=1S/C20H25N5O4/c1-12-17(19(26)29-13-7-5-4-6-8-13)18(25-20(21-12)22-23-24-25)15-10-9-14(27-2)11-16(15)28-3/h9-11,13,18H,4-8H2,1-3H3,(H,21,22,24)/t18-/m0/s1. The van der Waals surface area contributed by atoms with Crippen LogP contribution < -0.4 is 14.8 Å². The number of carbonyl (C=O) groups excluding carboxylic acids is 1. The molecule has 1 atom stereocenters. The van der Waals surface area contributed by atoms with Crippen LogP contribution in [0.3, 0.4) is 0 Å².